The van der Waals surface area contributed by atoms with Gasteiger partial charge in [-0.25, -0.2) is 0 Å². The third-order valence-corrected chi connectivity index (χ3v) is 5.70. The average Bonchev–Trinajstić information content (AvgIpc) is 2.92. The summed E-state index contributed by atoms with van der Waals surface area (Å²) in [5.41, 5.74) is 1.02. The van der Waals surface area contributed by atoms with Gasteiger partial charge >= 0.3 is 5.97 Å². The van der Waals surface area contributed by atoms with Crippen LogP contribution in [0.1, 0.15) is 57.6 Å². The Kier molecular flexibility index (Phi) is 4.82. The van der Waals surface area contributed by atoms with Crippen LogP contribution < -0.4 is 0 Å². The largest absolute Gasteiger partial charge is 0.481 e. The van der Waals surface area contributed by atoms with Gasteiger partial charge in [0.2, 0.25) is 0 Å². The monoisotopic (exact) mass is 352 g/mol. The summed E-state index contributed by atoms with van der Waals surface area (Å²) in [6.07, 6.45) is 4.33. The van der Waals surface area contributed by atoms with Crippen LogP contribution in [0.15, 0.2) is 24.3 Å². The van der Waals surface area contributed by atoms with E-state index in [1.54, 1.807) is 0 Å². The number of carbonyl (C=O) groups is 1. The minimum atomic E-state index is -0.797. The summed E-state index contributed by atoms with van der Waals surface area (Å²) in [6.45, 7) is 6.20. The van der Waals surface area contributed by atoms with Gasteiger partial charge in [0.15, 0.2) is 0 Å². The Morgan fingerprint density at radius 1 is 1.19 bits per heavy atom. The predicted octanol–water partition coefficient (Wildman–Crippen LogP) is 5.14. The van der Waals surface area contributed by atoms with E-state index in [2.05, 4.69) is 36.7 Å². The van der Waals surface area contributed by atoms with Crippen LogP contribution in [0.3, 0.4) is 0 Å². The first-order valence-corrected chi connectivity index (χ1v) is 8.85. The van der Waals surface area contributed by atoms with E-state index in [4.69, 9.17) is 0 Å². The molecule has 1 aromatic carbocycles. The number of halogens is 1. The van der Waals surface area contributed by atoms with Gasteiger partial charge in [-0.3, -0.25) is 4.79 Å². The van der Waals surface area contributed by atoms with Crippen LogP contribution in [0.4, 0.5) is 0 Å². The molecule has 3 heteroatoms. The van der Waals surface area contributed by atoms with Crippen molar-refractivity contribution in [2.45, 2.75) is 57.2 Å². The van der Waals surface area contributed by atoms with Crippen molar-refractivity contribution in [3.63, 3.8) is 0 Å². The van der Waals surface area contributed by atoms with E-state index >= 15 is 0 Å². The number of aliphatic carboxylic acids is 1. The first-order valence-electron chi connectivity index (χ1n) is 7.73. The van der Waals surface area contributed by atoms with Crippen LogP contribution in [0.2, 0.25) is 0 Å². The van der Waals surface area contributed by atoms with Crippen molar-refractivity contribution in [1.82, 2.24) is 0 Å². The fraction of sp³-hybridized carbons (Fsp3) is 0.611. The van der Waals surface area contributed by atoms with E-state index in [1.165, 1.54) is 5.56 Å². The first kappa shape index (κ1) is 16.5. The van der Waals surface area contributed by atoms with Crippen molar-refractivity contribution in [3.8, 4) is 0 Å². The van der Waals surface area contributed by atoms with Gasteiger partial charge < -0.3 is 5.11 Å². The van der Waals surface area contributed by atoms with Gasteiger partial charge in [-0.1, -0.05) is 73.8 Å². The lowest BCUT2D eigenvalue weighted by Crippen LogP contribution is -2.52. The summed E-state index contributed by atoms with van der Waals surface area (Å²) >= 11 is 3.45. The normalized spacial score (nSPS) is 19.4. The molecule has 2 rings (SSSR count). The molecule has 1 aliphatic rings. The lowest BCUT2D eigenvalue weighted by Gasteiger charge is -2.46. The van der Waals surface area contributed by atoms with Crippen molar-refractivity contribution in [1.29, 1.82) is 0 Å². The number of carboxylic acids is 1. The quantitative estimate of drug-likeness (QED) is 0.761. The second-order valence-corrected chi connectivity index (χ2v) is 7.74. The highest BCUT2D eigenvalue weighted by atomic mass is 79.9. The second-order valence-electron chi connectivity index (χ2n) is 7.18. The Hall–Kier alpha value is -0.830. The van der Waals surface area contributed by atoms with Gasteiger partial charge in [0.05, 0.1) is 0 Å². The molecule has 0 saturated heterocycles. The molecule has 1 aliphatic carbocycles. The molecule has 1 atom stereocenters. The summed E-state index contributed by atoms with van der Waals surface area (Å²) in [7, 11) is 0. The highest BCUT2D eigenvalue weighted by molar-refractivity contribution is 9.08. The molecule has 116 valence electrons. The minimum Gasteiger partial charge on any atom is -0.481 e. The van der Waals surface area contributed by atoms with Crippen LogP contribution in [0, 0.1) is 11.3 Å². The smallest absolute Gasteiger partial charge is 0.314 e. The van der Waals surface area contributed by atoms with Gasteiger partial charge in [0.1, 0.15) is 5.41 Å². The van der Waals surface area contributed by atoms with Crippen LogP contribution in [0.5, 0.6) is 0 Å². The number of benzene rings is 1. The Morgan fingerprint density at radius 3 is 2.10 bits per heavy atom. The van der Waals surface area contributed by atoms with E-state index < -0.39 is 11.4 Å². The number of hydrogen-bond acceptors (Lipinski definition) is 1. The highest BCUT2D eigenvalue weighted by Gasteiger charge is 2.55. The molecule has 1 saturated carbocycles. The summed E-state index contributed by atoms with van der Waals surface area (Å²) in [6, 6.07) is 8.13. The van der Waals surface area contributed by atoms with Gasteiger partial charge in [0.25, 0.3) is 0 Å². The SMILES string of the molecule is CC(C)(C)C(C(=O)O)(c1ccc(CBr)cc1)C1CCCC1. The summed E-state index contributed by atoms with van der Waals surface area (Å²) in [5.74, 6) is -0.446. The van der Waals surface area contributed by atoms with Gasteiger partial charge in [0, 0.05) is 5.33 Å². The Morgan fingerprint density at radius 2 is 1.71 bits per heavy atom. The van der Waals surface area contributed by atoms with E-state index in [1.807, 2.05) is 24.3 Å². The Labute approximate surface area is 136 Å². The van der Waals surface area contributed by atoms with E-state index in [-0.39, 0.29) is 11.3 Å². The van der Waals surface area contributed by atoms with Gasteiger partial charge in [-0.15, -0.1) is 0 Å². The topological polar surface area (TPSA) is 37.3 Å². The molecule has 0 aliphatic heterocycles. The standard InChI is InChI=1S/C18H25BrO2/c1-17(2,3)18(16(20)21,14-6-4-5-7-14)15-10-8-13(12-19)9-11-15/h8-11,14H,4-7,12H2,1-3H3,(H,20,21). The molecule has 1 aromatic rings. The maximum atomic E-state index is 12.4. The fourth-order valence-electron chi connectivity index (χ4n) is 4.12. The van der Waals surface area contributed by atoms with Crippen molar-refractivity contribution in [2.75, 3.05) is 0 Å². The molecule has 21 heavy (non-hydrogen) atoms. The van der Waals surface area contributed by atoms with Crippen LogP contribution >= 0.6 is 15.9 Å². The van der Waals surface area contributed by atoms with E-state index in [0.29, 0.717) is 0 Å². The van der Waals surface area contributed by atoms with Crippen LogP contribution in [0.25, 0.3) is 0 Å². The van der Waals surface area contributed by atoms with Crippen molar-refractivity contribution < 1.29 is 9.90 Å². The molecule has 1 fully saturated rings. The highest BCUT2D eigenvalue weighted by Crippen LogP contribution is 2.52. The van der Waals surface area contributed by atoms with Crippen LogP contribution in [-0.2, 0) is 15.5 Å². The second kappa shape index (κ2) is 6.12. The molecular formula is C18H25BrO2. The summed E-state index contributed by atoms with van der Waals surface area (Å²) < 4.78 is 0. The number of carboxylic acid groups (broad SMARTS) is 1. The molecule has 0 heterocycles. The first-order chi connectivity index (χ1) is 9.84. The minimum absolute atomic E-state index is 0.227. The molecule has 0 amide bonds. The zero-order valence-corrected chi connectivity index (χ0v) is 14.7. The van der Waals surface area contributed by atoms with Crippen LogP contribution in [-0.4, -0.2) is 11.1 Å². The van der Waals surface area contributed by atoms with Crippen molar-refractivity contribution >= 4 is 21.9 Å². The zero-order chi connectivity index (χ0) is 15.7. The Balaban J connectivity index is 2.59. The summed E-state index contributed by atoms with van der Waals surface area (Å²) in [5, 5.41) is 11.0. The van der Waals surface area contributed by atoms with Gasteiger partial charge in [-0.05, 0) is 35.3 Å². The summed E-state index contributed by atoms with van der Waals surface area (Å²) in [4.78, 5) is 12.4. The number of alkyl halides is 1. The van der Waals surface area contributed by atoms with E-state index in [0.717, 1.165) is 36.6 Å². The van der Waals surface area contributed by atoms with Crippen molar-refractivity contribution in [3.05, 3.63) is 35.4 Å². The van der Waals surface area contributed by atoms with Crippen molar-refractivity contribution in [2.24, 2.45) is 11.3 Å². The fourth-order valence-corrected chi connectivity index (χ4v) is 4.49. The molecule has 0 spiro atoms. The molecule has 0 radical (unpaired) electrons. The lowest BCUT2D eigenvalue weighted by atomic mass is 9.55. The zero-order valence-electron chi connectivity index (χ0n) is 13.2. The van der Waals surface area contributed by atoms with Gasteiger partial charge in [-0.2, -0.15) is 0 Å². The lowest BCUT2D eigenvalue weighted by molar-refractivity contribution is -0.152. The maximum Gasteiger partial charge on any atom is 0.314 e. The predicted molar refractivity (Wildman–Crippen MR) is 89.8 cm³/mol. The average molecular weight is 353 g/mol. The third-order valence-electron chi connectivity index (χ3n) is 5.05. The molecular weight excluding hydrogens is 328 g/mol. The number of rotatable bonds is 4. The Bertz CT molecular complexity index is 495. The maximum absolute atomic E-state index is 12.4. The van der Waals surface area contributed by atoms with E-state index in [9.17, 15) is 9.90 Å². The molecule has 2 nitrogen and oxygen atoms in total. The molecule has 0 bridgehead atoms. The molecule has 1 unspecified atom stereocenters. The molecule has 1 N–H and O–H groups in total. The third kappa shape index (κ3) is 2.77. The number of hydrogen-bond donors (Lipinski definition) is 1. The molecule has 0 aromatic heterocycles.